The van der Waals surface area contributed by atoms with Gasteiger partial charge in [0, 0.05) is 6.42 Å². The zero-order chi connectivity index (χ0) is 47.4. The fourth-order valence-corrected chi connectivity index (χ4v) is 9.37. The Morgan fingerprint density at radius 3 is 1.09 bits per heavy atom. The second-order valence-corrected chi connectivity index (χ2v) is 20.4. The Labute approximate surface area is 406 Å². The lowest BCUT2D eigenvalue weighted by Crippen LogP contribution is -2.46. The minimum Gasteiger partial charge on any atom is -0.462 e. The summed E-state index contributed by atoms with van der Waals surface area (Å²) in [5.74, 6) is -0.460. The molecule has 3 unspecified atom stereocenters. The summed E-state index contributed by atoms with van der Waals surface area (Å²) in [5, 5.41) is 23.9. The van der Waals surface area contributed by atoms with Crippen LogP contribution in [0.5, 0.6) is 0 Å². The molecule has 0 radical (unpaired) electrons. The van der Waals surface area contributed by atoms with Gasteiger partial charge in [-0.1, -0.05) is 277 Å². The third-order valence-corrected chi connectivity index (χ3v) is 13.8. The predicted octanol–water partition coefficient (Wildman–Crippen LogP) is 18.1. The summed E-state index contributed by atoms with van der Waals surface area (Å²) in [6, 6.07) is -0.697. The second-order valence-electron chi connectivity index (χ2n) is 20.4. The van der Waals surface area contributed by atoms with Crippen molar-refractivity contribution in [1.82, 2.24) is 5.32 Å². The summed E-state index contributed by atoms with van der Waals surface area (Å²) < 4.78 is 5.96. The van der Waals surface area contributed by atoms with E-state index in [9.17, 15) is 19.8 Å². The lowest BCUT2D eigenvalue weighted by atomic mass is 10.0. The summed E-state index contributed by atoms with van der Waals surface area (Å²) in [6.07, 6.45) is 61.3. The molecule has 65 heavy (non-hydrogen) atoms. The largest absolute Gasteiger partial charge is 0.462 e. The fourth-order valence-electron chi connectivity index (χ4n) is 9.37. The van der Waals surface area contributed by atoms with Crippen molar-refractivity contribution in [2.75, 3.05) is 6.61 Å². The van der Waals surface area contributed by atoms with E-state index in [1.54, 1.807) is 0 Å². The van der Waals surface area contributed by atoms with Gasteiger partial charge in [-0.3, -0.25) is 9.59 Å². The summed E-state index contributed by atoms with van der Waals surface area (Å²) in [6.45, 7) is 6.53. The highest BCUT2D eigenvalue weighted by Crippen LogP contribution is 2.19. The van der Waals surface area contributed by atoms with Gasteiger partial charge in [-0.15, -0.1) is 0 Å². The number of esters is 1. The van der Waals surface area contributed by atoms with Gasteiger partial charge < -0.3 is 20.3 Å². The Morgan fingerprint density at radius 1 is 0.431 bits per heavy atom. The van der Waals surface area contributed by atoms with Crippen LogP contribution in [0.15, 0.2) is 12.2 Å². The Bertz CT molecular complexity index is 986. The number of unbranched alkanes of at least 4 members (excludes halogenated alkanes) is 40. The standard InChI is InChI=1S/C59H115NO5/c1-4-7-10-13-16-19-22-25-27-29-30-33-36-39-42-45-48-51-57(62)56(54-61)60-58(63)53-55(50-47-44-41-38-35-32-24-21-18-15-12-9-6-3)65-59(64)52-49-46-43-40-37-34-31-28-26-23-20-17-14-11-8-5-2/h28,31,55-57,61-62H,4-27,29-30,32-54H2,1-3H3,(H,60,63)/b31-28+. The Kier molecular flexibility index (Phi) is 52.4. The molecule has 6 nitrogen and oxygen atoms in total. The number of hydrogen-bond donors (Lipinski definition) is 3. The van der Waals surface area contributed by atoms with Crippen molar-refractivity contribution in [3.63, 3.8) is 0 Å². The minimum atomic E-state index is -0.784. The van der Waals surface area contributed by atoms with E-state index >= 15 is 0 Å². The molecule has 0 fully saturated rings. The van der Waals surface area contributed by atoms with Gasteiger partial charge in [0.1, 0.15) is 6.10 Å². The molecule has 1 amide bonds. The molecular weight excluding hydrogens is 803 g/mol. The Morgan fingerprint density at radius 2 is 0.738 bits per heavy atom. The molecule has 0 aromatic carbocycles. The van der Waals surface area contributed by atoms with Gasteiger partial charge >= 0.3 is 5.97 Å². The van der Waals surface area contributed by atoms with Gasteiger partial charge in [-0.05, 0) is 51.4 Å². The minimum absolute atomic E-state index is 0.0822. The zero-order valence-corrected chi connectivity index (χ0v) is 44.2. The van der Waals surface area contributed by atoms with Crippen molar-refractivity contribution in [3.8, 4) is 0 Å². The normalized spacial score (nSPS) is 13.1. The number of allylic oxidation sites excluding steroid dienone is 2. The van der Waals surface area contributed by atoms with Crippen molar-refractivity contribution in [2.24, 2.45) is 0 Å². The van der Waals surface area contributed by atoms with Crippen molar-refractivity contribution in [3.05, 3.63) is 12.2 Å². The van der Waals surface area contributed by atoms with E-state index in [2.05, 4.69) is 38.2 Å². The molecule has 0 saturated carbocycles. The molecule has 6 heteroatoms. The molecule has 3 N–H and O–H groups in total. The average Bonchev–Trinajstić information content (AvgIpc) is 3.30. The number of carbonyl (C=O) groups is 2. The highest BCUT2D eigenvalue weighted by atomic mass is 16.5. The molecule has 0 heterocycles. The molecule has 0 aliphatic heterocycles. The first kappa shape index (κ1) is 63.6. The van der Waals surface area contributed by atoms with E-state index in [-0.39, 0.29) is 24.9 Å². The SMILES string of the molecule is CCCCCCCCC/C=C/CCCCCCCC(=O)OC(CCCCCCCCCCCCCCC)CC(=O)NC(CO)C(O)CCCCCCCCCCCCCCCCCCC. The maximum Gasteiger partial charge on any atom is 0.306 e. The van der Waals surface area contributed by atoms with Crippen LogP contribution in [0.2, 0.25) is 0 Å². The van der Waals surface area contributed by atoms with Crippen LogP contribution in [0.25, 0.3) is 0 Å². The highest BCUT2D eigenvalue weighted by Gasteiger charge is 2.24. The third kappa shape index (κ3) is 48.9. The van der Waals surface area contributed by atoms with E-state index in [0.717, 1.165) is 51.4 Å². The molecule has 0 spiro atoms. The van der Waals surface area contributed by atoms with Gasteiger partial charge in [0.25, 0.3) is 0 Å². The van der Waals surface area contributed by atoms with Crippen LogP contribution in [0.4, 0.5) is 0 Å². The van der Waals surface area contributed by atoms with Crippen LogP contribution in [0.3, 0.4) is 0 Å². The van der Waals surface area contributed by atoms with Gasteiger partial charge in [0.15, 0.2) is 0 Å². The first-order chi connectivity index (χ1) is 32.0. The van der Waals surface area contributed by atoms with Gasteiger partial charge in [0.05, 0.1) is 25.2 Å². The molecule has 3 atom stereocenters. The molecule has 0 aromatic heterocycles. The van der Waals surface area contributed by atoms with Crippen molar-refractivity contribution in [1.29, 1.82) is 0 Å². The molecule has 0 aliphatic carbocycles. The highest BCUT2D eigenvalue weighted by molar-refractivity contribution is 5.77. The van der Waals surface area contributed by atoms with Crippen LogP contribution in [-0.4, -0.2) is 46.9 Å². The lowest BCUT2D eigenvalue weighted by Gasteiger charge is -2.24. The second kappa shape index (κ2) is 53.6. The zero-order valence-electron chi connectivity index (χ0n) is 44.2. The van der Waals surface area contributed by atoms with Crippen LogP contribution >= 0.6 is 0 Å². The number of nitrogens with one attached hydrogen (secondary N) is 1. The van der Waals surface area contributed by atoms with Crippen LogP contribution in [-0.2, 0) is 14.3 Å². The number of amides is 1. The molecule has 0 aliphatic rings. The molecule has 0 rings (SSSR count). The number of rotatable bonds is 54. The Balaban J connectivity index is 4.47. The summed E-state index contributed by atoms with van der Waals surface area (Å²) in [4.78, 5) is 26.3. The van der Waals surface area contributed by atoms with Crippen molar-refractivity contribution >= 4 is 11.9 Å². The average molecular weight is 919 g/mol. The summed E-state index contributed by atoms with van der Waals surface area (Å²) >= 11 is 0. The van der Waals surface area contributed by atoms with E-state index in [1.807, 2.05) is 0 Å². The van der Waals surface area contributed by atoms with Gasteiger partial charge in [0.2, 0.25) is 5.91 Å². The van der Waals surface area contributed by atoms with Crippen LogP contribution in [0.1, 0.15) is 329 Å². The monoisotopic (exact) mass is 918 g/mol. The molecule has 0 aromatic rings. The first-order valence-electron chi connectivity index (χ1n) is 29.4. The maximum absolute atomic E-state index is 13.3. The summed E-state index contributed by atoms with van der Waals surface area (Å²) in [5.41, 5.74) is 0. The molecule has 0 bridgehead atoms. The summed E-state index contributed by atoms with van der Waals surface area (Å²) in [7, 11) is 0. The lowest BCUT2D eigenvalue weighted by molar-refractivity contribution is -0.151. The van der Waals surface area contributed by atoms with Gasteiger partial charge in [-0.25, -0.2) is 0 Å². The van der Waals surface area contributed by atoms with E-state index in [1.165, 1.54) is 231 Å². The van der Waals surface area contributed by atoms with Crippen LogP contribution < -0.4 is 5.32 Å². The third-order valence-electron chi connectivity index (χ3n) is 13.8. The fraction of sp³-hybridized carbons (Fsp3) is 0.932. The number of carbonyl (C=O) groups excluding carboxylic acids is 2. The van der Waals surface area contributed by atoms with Crippen molar-refractivity contribution in [2.45, 2.75) is 347 Å². The first-order valence-corrected chi connectivity index (χ1v) is 29.4. The predicted molar refractivity (Wildman–Crippen MR) is 283 cm³/mol. The molecule has 386 valence electrons. The van der Waals surface area contributed by atoms with Gasteiger partial charge in [-0.2, -0.15) is 0 Å². The van der Waals surface area contributed by atoms with Crippen molar-refractivity contribution < 1.29 is 24.5 Å². The number of ether oxygens (including phenoxy) is 1. The number of hydrogen-bond acceptors (Lipinski definition) is 5. The number of aliphatic hydroxyl groups is 2. The molecule has 0 saturated heterocycles. The van der Waals surface area contributed by atoms with E-state index in [0.29, 0.717) is 19.3 Å². The Hall–Kier alpha value is -1.40. The van der Waals surface area contributed by atoms with E-state index in [4.69, 9.17) is 4.74 Å². The number of aliphatic hydroxyl groups excluding tert-OH is 2. The van der Waals surface area contributed by atoms with Crippen LogP contribution in [0, 0.1) is 0 Å². The molecular formula is C59H115NO5. The smallest absolute Gasteiger partial charge is 0.306 e. The van der Waals surface area contributed by atoms with E-state index < -0.39 is 18.2 Å². The topological polar surface area (TPSA) is 95.9 Å². The quantitative estimate of drug-likeness (QED) is 0.0321. The maximum atomic E-state index is 13.3.